The van der Waals surface area contributed by atoms with Crippen LogP contribution in [0, 0.1) is 5.82 Å². The summed E-state index contributed by atoms with van der Waals surface area (Å²) in [4.78, 5) is 25.8. The van der Waals surface area contributed by atoms with Gasteiger partial charge in [0.2, 0.25) is 11.8 Å². The van der Waals surface area contributed by atoms with E-state index in [1.165, 1.54) is 12.1 Å². The molecule has 0 saturated carbocycles. The van der Waals surface area contributed by atoms with Crippen molar-refractivity contribution < 1.29 is 14.0 Å². The number of hydrogen-bond acceptors (Lipinski definition) is 3. The van der Waals surface area contributed by atoms with E-state index in [0.29, 0.717) is 24.3 Å². The Morgan fingerprint density at radius 1 is 1.20 bits per heavy atom. The zero-order valence-corrected chi connectivity index (χ0v) is 14.1. The molecule has 0 spiro atoms. The SMILES string of the molecule is O=C(CNc1ccccc1N1CCCC1=O)Nc1ccc(F)cc1Cl. The van der Waals surface area contributed by atoms with Crippen LogP contribution in [-0.4, -0.2) is 24.9 Å². The van der Waals surface area contributed by atoms with Crippen LogP contribution in [0.2, 0.25) is 5.02 Å². The van der Waals surface area contributed by atoms with Crippen LogP contribution in [0.15, 0.2) is 42.5 Å². The van der Waals surface area contributed by atoms with Gasteiger partial charge in [0, 0.05) is 13.0 Å². The lowest BCUT2D eigenvalue weighted by molar-refractivity contribution is -0.117. The molecule has 1 fully saturated rings. The molecule has 2 N–H and O–H groups in total. The lowest BCUT2D eigenvalue weighted by Gasteiger charge is -2.20. The highest BCUT2D eigenvalue weighted by molar-refractivity contribution is 6.33. The molecule has 0 radical (unpaired) electrons. The lowest BCUT2D eigenvalue weighted by Crippen LogP contribution is -2.26. The van der Waals surface area contributed by atoms with Crippen LogP contribution >= 0.6 is 11.6 Å². The molecular weight excluding hydrogens is 345 g/mol. The molecule has 25 heavy (non-hydrogen) atoms. The zero-order valence-electron chi connectivity index (χ0n) is 13.4. The molecule has 7 heteroatoms. The maximum absolute atomic E-state index is 13.0. The molecule has 0 aromatic heterocycles. The summed E-state index contributed by atoms with van der Waals surface area (Å²) in [6, 6.07) is 11.1. The Hall–Kier alpha value is -2.60. The Kier molecular flexibility index (Phi) is 5.19. The van der Waals surface area contributed by atoms with Crippen molar-refractivity contribution in [2.75, 3.05) is 28.6 Å². The Morgan fingerprint density at radius 3 is 2.72 bits per heavy atom. The topological polar surface area (TPSA) is 61.4 Å². The predicted octanol–water partition coefficient (Wildman–Crippen LogP) is 3.66. The third-order valence-electron chi connectivity index (χ3n) is 3.91. The molecule has 0 bridgehead atoms. The average Bonchev–Trinajstić information content (AvgIpc) is 3.02. The van der Waals surface area contributed by atoms with Gasteiger partial charge >= 0.3 is 0 Å². The lowest BCUT2D eigenvalue weighted by atomic mass is 10.2. The molecule has 2 aromatic rings. The molecule has 3 rings (SSSR count). The van der Waals surface area contributed by atoms with Crippen LogP contribution in [0.5, 0.6) is 0 Å². The van der Waals surface area contributed by atoms with Gasteiger partial charge < -0.3 is 15.5 Å². The number of para-hydroxylation sites is 2. The van der Waals surface area contributed by atoms with E-state index >= 15 is 0 Å². The predicted molar refractivity (Wildman–Crippen MR) is 96.6 cm³/mol. The van der Waals surface area contributed by atoms with Crippen molar-refractivity contribution in [1.82, 2.24) is 0 Å². The highest BCUT2D eigenvalue weighted by atomic mass is 35.5. The van der Waals surface area contributed by atoms with Crippen molar-refractivity contribution >= 4 is 40.5 Å². The monoisotopic (exact) mass is 361 g/mol. The normalized spacial score (nSPS) is 13.8. The molecule has 130 valence electrons. The van der Waals surface area contributed by atoms with Crippen LogP contribution in [0.1, 0.15) is 12.8 Å². The number of halogens is 2. The smallest absolute Gasteiger partial charge is 0.243 e. The number of nitrogens with one attached hydrogen (secondary N) is 2. The van der Waals surface area contributed by atoms with E-state index in [4.69, 9.17) is 11.6 Å². The summed E-state index contributed by atoms with van der Waals surface area (Å²) in [6.07, 6.45) is 1.37. The molecule has 0 aliphatic carbocycles. The number of hydrogen-bond donors (Lipinski definition) is 2. The Labute approximate surface area is 149 Å². The van der Waals surface area contributed by atoms with E-state index in [-0.39, 0.29) is 23.4 Å². The van der Waals surface area contributed by atoms with Crippen molar-refractivity contribution in [3.05, 3.63) is 53.3 Å². The second-order valence-corrected chi connectivity index (χ2v) is 6.10. The number of amides is 2. The minimum Gasteiger partial charge on any atom is -0.374 e. The van der Waals surface area contributed by atoms with Gasteiger partial charge in [-0.05, 0) is 36.8 Å². The van der Waals surface area contributed by atoms with Crippen molar-refractivity contribution in [3.8, 4) is 0 Å². The summed E-state index contributed by atoms with van der Waals surface area (Å²) in [7, 11) is 0. The van der Waals surface area contributed by atoms with Gasteiger partial charge in [-0.3, -0.25) is 9.59 Å². The van der Waals surface area contributed by atoms with Crippen molar-refractivity contribution in [2.45, 2.75) is 12.8 Å². The third-order valence-corrected chi connectivity index (χ3v) is 4.23. The van der Waals surface area contributed by atoms with Gasteiger partial charge in [0.05, 0.1) is 28.6 Å². The van der Waals surface area contributed by atoms with E-state index in [2.05, 4.69) is 10.6 Å². The number of nitrogens with zero attached hydrogens (tertiary/aromatic N) is 1. The Balaban J connectivity index is 1.65. The number of carbonyl (C=O) groups is 2. The molecular formula is C18H17ClFN3O2. The van der Waals surface area contributed by atoms with Gasteiger partial charge in [-0.15, -0.1) is 0 Å². The van der Waals surface area contributed by atoms with Gasteiger partial charge in [0.1, 0.15) is 5.82 Å². The van der Waals surface area contributed by atoms with E-state index in [9.17, 15) is 14.0 Å². The highest BCUT2D eigenvalue weighted by Crippen LogP contribution is 2.29. The van der Waals surface area contributed by atoms with E-state index < -0.39 is 5.82 Å². The van der Waals surface area contributed by atoms with Crippen LogP contribution in [0.3, 0.4) is 0 Å². The van der Waals surface area contributed by atoms with Crippen molar-refractivity contribution in [2.24, 2.45) is 0 Å². The average molecular weight is 362 g/mol. The van der Waals surface area contributed by atoms with E-state index in [1.54, 1.807) is 4.90 Å². The number of anilines is 3. The second-order valence-electron chi connectivity index (χ2n) is 5.69. The highest BCUT2D eigenvalue weighted by Gasteiger charge is 2.23. The summed E-state index contributed by atoms with van der Waals surface area (Å²) in [5.74, 6) is -0.710. The van der Waals surface area contributed by atoms with Crippen LogP contribution in [0.4, 0.5) is 21.5 Å². The first-order chi connectivity index (χ1) is 12.0. The molecule has 1 saturated heterocycles. The number of carbonyl (C=O) groups excluding carboxylic acids is 2. The maximum atomic E-state index is 13.0. The van der Waals surface area contributed by atoms with Gasteiger partial charge in [-0.2, -0.15) is 0 Å². The van der Waals surface area contributed by atoms with E-state index in [0.717, 1.165) is 18.2 Å². The molecule has 1 aliphatic heterocycles. The summed E-state index contributed by atoms with van der Waals surface area (Å²) in [5, 5.41) is 5.80. The van der Waals surface area contributed by atoms with Gasteiger partial charge in [-0.25, -0.2) is 4.39 Å². The fourth-order valence-corrected chi connectivity index (χ4v) is 2.94. The quantitative estimate of drug-likeness (QED) is 0.854. The first-order valence-corrected chi connectivity index (χ1v) is 8.30. The summed E-state index contributed by atoms with van der Waals surface area (Å²) < 4.78 is 13.0. The first kappa shape index (κ1) is 17.2. The van der Waals surface area contributed by atoms with Gasteiger partial charge in [-0.1, -0.05) is 23.7 Å². The molecule has 1 aliphatic rings. The summed E-state index contributed by atoms with van der Waals surface area (Å²) in [6.45, 7) is 0.668. The fraction of sp³-hybridized carbons (Fsp3) is 0.222. The maximum Gasteiger partial charge on any atom is 0.243 e. The fourth-order valence-electron chi connectivity index (χ4n) is 2.72. The standard InChI is InChI=1S/C18H17ClFN3O2/c19-13-10-12(20)7-8-14(13)22-17(24)11-21-15-4-1-2-5-16(15)23-9-3-6-18(23)25/h1-2,4-5,7-8,10,21H,3,6,9,11H2,(H,22,24). The van der Waals surface area contributed by atoms with Crippen molar-refractivity contribution in [1.29, 1.82) is 0 Å². The van der Waals surface area contributed by atoms with Crippen molar-refractivity contribution in [3.63, 3.8) is 0 Å². The second kappa shape index (κ2) is 7.53. The first-order valence-electron chi connectivity index (χ1n) is 7.93. The van der Waals surface area contributed by atoms with E-state index in [1.807, 2.05) is 24.3 Å². The van der Waals surface area contributed by atoms with Crippen LogP contribution < -0.4 is 15.5 Å². The molecule has 1 heterocycles. The minimum absolute atomic E-state index is 0.00719. The molecule has 5 nitrogen and oxygen atoms in total. The number of benzene rings is 2. The Morgan fingerprint density at radius 2 is 2.00 bits per heavy atom. The van der Waals surface area contributed by atoms with Gasteiger partial charge in [0.25, 0.3) is 0 Å². The molecule has 2 aromatic carbocycles. The molecule has 0 unspecified atom stereocenters. The summed E-state index contributed by atoms with van der Waals surface area (Å²) >= 11 is 5.90. The Bertz CT molecular complexity index is 813. The van der Waals surface area contributed by atoms with Crippen LogP contribution in [0.25, 0.3) is 0 Å². The zero-order chi connectivity index (χ0) is 17.8. The van der Waals surface area contributed by atoms with Gasteiger partial charge in [0.15, 0.2) is 0 Å². The summed E-state index contributed by atoms with van der Waals surface area (Å²) in [5.41, 5.74) is 1.81. The largest absolute Gasteiger partial charge is 0.374 e. The minimum atomic E-state index is -0.467. The third kappa shape index (κ3) is 4.09. The number of rotatable bonds is 5. The molecule has 0 atom stereocenters. The van der Waals surface area contributed by atoms with Crippen LogP contribution in [-0.2, 0) is 9.59 Å². The molecule has 2 amide bonds.